The number of nitrogens with one attached hydrogen (secondary N) is 1. The van der Waals surface area contributed by atoms with Gasteiger partial charge in [-0.2, -0.15) is 0 Å². The van der Waals surface area contributed by atoms with Crippen LogP contribution < -0.4 is 14.4 Å². The zero-order valence-corrected chi connectivity index (χ0v) is 24.0. The predicted octanol–water partition coefficient (Wildman–Crippen LogP) is 5.90. The molecule has 2 saturated carbocycles. The molecule has 4 unspecified atom stereocenters. The van der Waals surface area contributed by atoms with Crippen LogP contribution in [-0.2, 0) is 16.0 Å². The van der Waals surface area contributed by atoms with Crippen molar-refractivity contribution < 1.29 is 19.4 Å². The standard InChI is InChI=1S/C31H37ClN2O4S/c1-2-4-20-15-23(32)7-10-25(20)22-18-34-17-21-6-9-26(21)28(35)5-3-14-38-31(12-13-31)30(36)33-39-24-8-11-29(37-19-22)27(34)16-24/h3,5,7-8,10-11,15-16,21-22,26,28,35H,2,4,6,9,12-14,17-19H2,1H3,(H,33,36)/b5-3+. The van der Waals surface area contributed by atoms with Crippen molar-refractivity contribution in [2.24, 2.45) is 11.8 Å². The molecular weight excluding hydrogens is 532 g/mol. The van der Waals surface area contributed by atoms with E-state index in [0.717, 1.165) is 73.0 Å². The summed E-state index contributed by atoms with van der Waals surface area (Å²) >= 11 is 7.72. The number of carbonyl (C=O) groups excluding carboxylic acids is 1. The van der Waals surface area contributed by atoms with Crippen molar-refractivity contribution in [2.75, 3.05) is 31.2 Å². The summed E-state index contributed by atoms with van der Waals surface area (Å²) in [5, 5.41) is 11.8. The number of amides is 1. The minimum Gasteiger partial charge on any atom is -0.491 e. The quantitative estimate of drug-likeness (QED) is 0.355. The minimum absolute atomic E-state index is 0.0955. The van der Waals surface area contributed by atoms with Crippen molar-refractivity contribution in [3.63, 3.8) is 0 Å². The molecule has 0 aromatic heterocycles. The average molecular weight is 569 g/mol. The van der Waals surface area contributed by atoms with E-state index in [1.54, 1.807) is 0 Å². The van der Waals surface area contributed by atoms with Crippen molar-refractivity contribution in [1.29, 1.82) is 0 Å². The van der Waals surface area contributed by atoms with Crippen LogP contribution >= 0.6 is 23.5 Å². The number of carbonyl (C=O) groups is 1. The Hall–Kier alpha value is -2.19. The molecule has 2 N–H and O–H groups in total. The number of halogens is 1. The van der Waals surface area contributed by atoms with E-state index >= 15 is 0 Å². The highest BCUT2D eigenvalue weighted by Crippen LogP contribution is 2.44. The Morgan fingerprint density at radius 3 is 2.82 bits per heavy atom. The monoisotopic (exact) mass is 568 g/mol. The molecular formula is C31H37ClN2O4S. The van der Waals surface area contributed by atoms with E-state index in [9.17, 15) is 9.90 Å². The fraction of sp³-hybridized carbons (Fsp3) is 0.516. The van der Waals surface area contributed by atoms with Crippen molar-refractivity contribution in [3.05, 3.63) is 64.7 Å². The lowest BCUT2D eigenvalue weighted by Gasteiger charge is -2.42. The molecule has 1 amide bonds. The van der Waals surface area contributed by atoms with Gasteiger partial charge in [0, 0.05) is 28.9 Å². The third kappa shape index (κ3) is 5.69. The molecule has 2 aromatic rings. The lowest BCUT2D eigenvalue weighted by Crippen LogP contribution is -2.44. The van der Waals surface area contributed by atoms with Crippen LogP contribution in [0.5, 0.6) is 5.75 Å². The smallest absolute Gasteiger partial charge is 0.262 e. The van der Waals surface area contributed by atoms with Crippen LogP contribution in [-0.4, -0.2) is 49.0 Å². The normalized spacial score (nSPS) is 28.9. The number of benzene rings is 2. The zero-order chi connectivity index (χ0) is 27.0. The Kier molecular flexibility index (Phi) is 7.86. The summed E-state index contributed by atoms with van der Waals surface area (Å²) in [6, 6.07) is 12.4. The summed E-state index contributed by atoms with van der Waals surface area (Å²) in [5.41, 5.74) is 2.88. The number of aryl methyl sites for hydroxylation is 1. The second kappa shape index (κ2) is 11.4. The number of anilines is 1. The molecule has 2 bridgehead atoms. The van der Waals surface area contributed by atoms with Crippen molar-refractivity contribution in [3.8, 4) is 5.75 Å². The van der Waals surface area contributed by atoms with Gasteiger partial charge in [-0.3, -0.25) is 9.52 Å². The van der Waals surface area contributed by atoms with E-state index in [0.29, 0.717) is 19.1 Å². The molecule has 2 aromatic carbocycles. The number of fused-ring (bicyclic) bond motifs is 2. The first-order valence-electron chi connectivity index (χ1n) is 14.2. The fourth-order valence-corrected chi connectivity index (χ4v) is 7.10. The molecule has 6 nitrogen and oxygen atoms in total. The van der Waals surface area contributed by atoms with E-state index in [1.165, 1.54) is 23.1 Å². The minimum atomic E-state index is -0.749. The highest BCUT2D eigenvalue weighted by atomic mass is 35.5. The molecule has 4 atom stereocenters. The highest BCUT2D eigenvalue weighted by Gasteiger charge is 2.51. The predicted molar refractivity (Wildman–Crippen MR) is 156 cm³/mol. The van der Waals surface area contributed by atoms with Gasteiger partial charge in [-0.25, -0.2) is 0 Å². The highest BCUT2D eigenvalue weighted by molar-refractivity contribution is 7.98. The Labute approximate surface area is 240 Å². The molecule has 2 aliphatic heterocycles. The first-order chi connectivity index (χ1) is 19.0. The van der Waals surface area contributed by atoms with Crippen LogP contribution in [0.1, 0.15) is 56.1 Å². The third-order valence-electron chi connectivity index (χ3n) is 8.75. The fourth-order valence-electron chi connectivity index (χ4n) is 6.21. The Balaban J connectivity index is 1.33. The number of nitrogens with zero attached hydrogens (tertiary/aromatic N) is 1. The molecule has 208 valence electrons. The molecule has 2 heterocycles. The van der Waals surface area contributed by atoms with Gasteiger partial charge >= 0.3 is 0 Å². The number of aliphatic hydroxyl groups excluding tert-OH is 1. The maximum atomic E-state index is 12.9. The van der Waals surface area contributed by atoms with Gasteiger partial charge in [0.2, 0.25) is 0 Å². The second-order valence-corrected chi connectivity index (χ2v) is 12.7. The number of rotatable bonds is 3. The van der Waals surface area contributed by atoms with E-state index in [-0.39, 0.29) is 17.7 Å². The molecule has 0 radical (unpaired) electrons. The van der Waals surface area contributed by atoms with Gasteiger partial charge in [0.05, 0.1) is 25.0 Å². The molecule has 6 rings (SSSR count). The molecule has 4 aliphatic rings. The van der Waals surface area contributed by atoms with Gasteiger partial charge in [-0.15, -0.1) is 0 Å². The first-order valence-corrected chi connectivity index (χ1v) is 15.4. The zero-order valence-electron chi connectivity index (χ0n) is 22.4. The van der Waals surface area contributed by atoms with E-state index in [4.69, 9.17) is 21.1 Å². The van der Waals surface area contributed by atoms with Gasteiger partial charge in [0.25, 0.3) is 5.91 Å². The van der Waals surface area contributed by atoms with Crippen molar-refractivity contribution in [1.82, 2.24) is 4.72 Å². The number of ether oxygens (including phenoxy) is 2. The number of hydrogen-bond acceptors (Lipinski definition) is 6. The Morgan fingerprint density at radius 2 is 2.05 bits per heavy atom. The summed E-state index contributed by atoms with van der Waals surface area (Å²) in [4.78, 5) is 16.4. The second-order valence-electron chi connectivity index (χ2n) is 11.4. The summed E-state index contributed by atoms with van der Waals surface area (Å²) in [6.45, 7) is 4.78. The maximum absolute atomic E-state index is 12.9. The van der Waals surface area contributed by atoms with Crippen LogP contribution in [0.2, 0.25) is 5.02 Å². The molecule has 2 fully saturated rings. The van der Waals surface area contributed by atoms with E-state index in [2.05, 4.69) is 34.7 Å². The molecule has 1 spiro atoms. The van der Waals surface area contributed by atoms with Gasteiger partial charge in [0.1, 0.15) is 11.4 Å². The molecule has 0 saturated heterocycles. The Bertz CT molecular complexity index is 1250. The van der Waals surface area contributed by atoms with Crippen LogP contribution in [0.4, 0.5) is 5.69 Å². The number of aliphatic hydroxyl groups is 1. The van der Waals surface area contributed by atoms with Gasteiger partial charge in [-0.1, -0.05) is 43.2 Å². The van der Waals surface area contributed by atoms with Gasteiger partial charge in [-0.05, 0) is 97.3 Å². The third-order valence-corrected chi connectivity index (χ3v) is 9.77. The van der Waals surface area contributed by atoms with E-state index < -0.39 is 11.7 Å². The summed E-state index contributed by atoms with van der Waals surface area (Å²) in [6.07, 6.45) is 8.80. The summed E-state index contributed by atoms with van der Waals surface area (Å²) in [7, 11) is 0. The lowest BCUT2D eigenvalue weighted by atomic mass is 9.70. The van der Waals surface area contributed by atoms with Crippen LogP contribution in [0.15, 0.2) is 53.4 Å². The molecule has 39 heavy (non-hydrogen) atoms. The average Bonchev–Trinajstić information content (AvgIpc) is 3.72. The maximum Gasteiger partial charge on any atom is 0.262 e. The van der Waals surface area contributed by atoms with Crippen LogP contribution in [0.25, 0.3) is 0 Å². The SMILES string of the molecule is CCCc1cc(Cl)ccc1C1COc2ccc3cc2N(C1)CC1CCC1C(O)/C=C/COC1(CC1)C(=O)NS3. The van der Waals surface area contributed by atoms with Crippen LogP contribution in [0.3, 0.4) is 0 Å². The van der Waals surface area contributed by atoms with Crippen molar-refractivity contribution in [2.45, 2.75) is 68.0 Å². The Morgan fingerprint density at radius 1 is 1.18 bits per heavy atom. The van der Waals surface area contributed by atoms with E-state index in [1.807, 2.05) is 30.4 Å². The summed E-state index contributed by atoms with van der Waals surface area (Å²) in [5.74, 6) is 1.55. The lowest BCUT2D eigenvalue weighted by molar-refractivity contribution is -0.132. The topological polar surface area (TPSA) is 71.0 Å². The first kappa shape index (κ1) is 27.0. The van der Waals surface area contributed by atoms with Crippen LogP contribution in [0, 0.1) is 11.8 Å². The summed E-state index contributed by atoms with van der Waals surface area (Å²) < 4.78 is 15.4. The molecule has 2 aliphatic carbocycles. The van der Waals surface area contributed by atoms with Gasteiger partial charge < -0.3 is 19.5 Å². The molecule has 8 heteroatoms. The number of hydrogen-bond donors (Lipinski definition) is 2. The van der Waals surface area contributed by atoms with Crippen molar-refractivity contribution >= 4 is 35.1 Å². The largest absolute Gasteiger partial charge is 0.491 e. The van der Waals surface area contributed by atoms with Gasteiger partial charge in [0.15, 0.2) is 0 Å².